The fourth-order valence-corrected chi connectivity index (χ4v) is 2.44. The first-order chi connectivity index (χ1) is 9.70. The quantitative estimate of drug-likeness (QED) is 0.912. The molecule has 0 aromatic heterocycles. The summed E-state index contributed by atoms with van der Waals surface area (Å²) >= 11 is 0. The van der Waals surface area contributed by atoms with Crippen LogP contribution in [0.3, 0.4) is 0 Å². The van der Waals surface area contributed by atoms with E-state index in [4.69, 9.17) is 5.11 Å². The van der Waals surface area contributed by atoms with E-state index >= 15 is 0 Å². The molecule has 116 valence electrons. The van der Waals surface area contributed by atoms with Gasteiger partial charge in [0.15, 0.2) is 0 Å². The minimum absolute atomic E-state index is 0.0486. The number of hydrogen-bond acceptors (Lipinski definition) is 3. The van der Waals surface area contributed by atoms with Crippen molar-refractivity contribution in [3.05, 3.63) is 29.3 Å². The molecule has 1 atom stereocenters. The lowest BCUT2D eigenvalue weighted by Crippen LogP contribution is -2.50. The molecule has 1 aliphatic heterocycles. The van der Waals surface area contributed by atoms with Crippen molar-refractivity contribution in [2.45, 2.75) is 19.1 Å². The first kappa shape index (κ1) is 15.6. The van der Waals surface area contributed by atoms with Crippen LogP contribution < -0.4 is 4.90 Å². The second-order valence-electron chi connectivity index (χ2n) is 5.31. The topological polar surface area (TPSA) is 43.8 Å². The zero-order valence-electron chi connectivity index (χ0n) is 11.8. The van der Waals surface area contributed by atoms with Crippen LogP contribution in [0.4, 0.5) is 18.9 Å². The fourth-order valence-electron chi connectivity index (χ4n) is 2.44. The van der Waals surface area contributed by atoms with E-state index in [1.54, 1.807) is 4.90 Å². The molecule has 4 nitrogen and oxygen atoms in total. The third-order valence-corrected chi connectivity index (χ3v) is 3.85. The minimum atomic E-state index is -4.58. The van der Waals surface area contributed by atoms with E-state index in [0.717, 1.165) is 0 Å². The predicted octanol–water partition coefficient (Wildman–Crippen LogP) is 2.54. The van der Waals surface area contributed by atoms with Gasteiger partial charge in [-0.05, 0) is 32.2 Å². The van der Waals surface area contributed by atoms with Crippen LogP contribution in [0.1, 0.15) is 22.8 Å². The maximum atomic E-state index is 13.2. The summed E-state index contributed by atoms with van der Waals surface area (Å²) in [5.74, 6) is -1.36. The summed E-state index contributed by atoms with van der Waals surface area (Å²) in [5, 5.41) is 8.87. The summed E-state index contributed by atoms with van der Waals surface area (Å²) < 4.78 is 39.6. The highest BCUT2D eigenvalue weighted by Gasteiger charge is 2.36. The number of carboxylic acid groups (broad SMARTS) is 1. The molecule has 1 fully saturated rings. The molecule has 1 unspecified atom stereocenters. The van der Waals surface area contributed by atoms with Gasteiger partial charge in [-0.15, -0.1) is 0 Å². The Morgan fingerprint density at radius 3 is 2.52 bits per heavy atom. The van der Waals surface area contributed by atoms with Crippen molar-refractivity contribution in [2.24, 2.45) is 0 Å². The molecule has 1 aliphatic rings. The van der Waals surface area contributed by atoms with Gasteiger partial charge in [-0.3, -0.25) is 0 Å². The van der Waals surface area contributed by atoms with Crippen molar-refractivity contribution in [1.29, 1.82) is 0 Å². The second-order valence-corrected chi connectivity index (χ2v) is 5.31. The Morgan fingerprint density at radius 2 is 2.00 bits per heavy atom. The first-order valence-corrected chi connectivity index (χ1v) is 6.60. The number of rotatable bonds is 2. The smallest absolute Gasteiger partial charge is 0.418 e. The van der Waals surface area contributed by atoms with Crippen molar-refractivity contribution < 1.29 is 23.1 Å². The fraction of sp³-hybridized carbons (Fsp3) is 0.500. The first-order valence-electron chi connectivity index (χ1n) is 6.60. The number of likely N-dealkylation sites (N-methyl/N-ethyl adjacent to an activating group) is 1. The van der Waals surface area contributed by atoms with E-state index in [0.29, 0.717) is 25.7 Å². The van der Waals surface area contributed by atoms with Crippen LogP contribution in [0.25, 0.3) is 0 Å². The summed E-state index contributed by atoms with van der Waals surface area (Å²) in [7, 11) is 1.93. The molecule has 0 radical (unpaired) electrons. The summed E-state index contributed by atoms with van der Waals surface area (Å²) in [6.45, 7) is 3.58. The number of carbonyl (C=O) groups is 1. The summed E-state index contributed by atoms with van der Waals surface area (Å²) in [6, 6.07) is 3.32. The molecule has 1 saturated heterocycles. The van der Waals surface area contributed by atoms with Gasteiger partial charge >= 0.3 is 12.1 Å². The Labute approximate surface area is 120 Å². The van der Waals surface area contributed by atoms with Crippen molar-refractivity contribution >= 4 is 11.7 Å². The molecule has 1 N–H and O–H groups in total. The van der Waals surface area contributed by atoms with Crippen molar-refractivity contribution in [1.82, 2.24) is 4.90 Å². The highest BCUT2D eigenvalue weighted by atomic mass is 19.4. The average Bonchev–Trinajstić information content (AvgIpc) is 2.40. The van der Waals surface area contributed by atoms with Gasteiger partial charge in [0.25, 0.3) is 0 Å². The van der Waals surface area contributed by atoms with E-state index in [9.17, 15) is 18.0 Å². The van der Waals surface area contributed by atoms with Gasteiger partial charge < -0.3 is 14.9 Å². The lowest BCUT2D eigenvalue weighted by Gasteiger charge is -2.39. The average molecular weight is 302 g/mol. The van der Waals surface area contributed by atoms with Gasteiger partial charge in [-0.1, -0.05) is 0 Å². The van der Waals surface area contributed by atoms with Crippen LogP contribution in [-0.4, -0.2) is 48.7 Å². The van der Waals surface area contributed by atoms with Gasteiger partial charge in [-0.2, -0.15) is 13.2 Å². The number of carboxylic acids is 1. The third-order valence-electron chi connectivity index (χ3n) is 3.85. The monoisotopic (exact) mass is 302 g/mol. The normalized spacial score (nSPS) is 20.6. The number of piperazine rings is 1. The molecule has 1 aromatic carbocycles. The van der Waals surface area contributed by atoms with Gasteiger partial charge in [0.05, 0.1) is 11.1 Å². The van der Waals surface area contributed by atoms with Crippen molar-refractivity contribution in [3.63, 3.8) is 0 Å². The number of alkyl halides is 3. The summed E-state index contributed by atoms with van der Waals surface area (Å²) in [4.78, 5) is 14.6. The van der Waals surface area contributed by atoms with Gasteiger partial charge in [-0.25, -0.2) is 4.79 Å². The molecule has 2 rings (SSSR count). The zero-order valence-corrected chi connectivity index (χ0v) is 11.8. The molecule has 0 bridgehead atoms. The van der Waals surface area contributed by atoms with Crippen LogP contribution in [0.5, 0.6) is 0 Å². The number of nitrogens with zero attached hydrogens (tertiary/aromatic N) is 2. The molecule has 21 heavy (non-hydrogen) atoms. The minimum Gasteiger partial charge on any atom is -0.478 e. The highest BCUT2D eigenvalue weighted by Crippen LogP contribution is 2.37. The van der Waals surface area contributed by atoms with Gasteiger partial charge in [0, 0.05) is 31.4 Å². The largest absolute Gasteiger partial charge is 0.478 e. The molecule has 1 aromatic rings. The van der Waals surface area contributed by atoms with Gasteiger partial charge in [0.1, 0.15) is 0 Å². The Hall–Kier alpha value is -1.76. The van der Waals surface area contributed by atoms with Crippen LogP contribution in [0.2, 0.25) is 0 Å². The maximum absolute atomic E-state index is 13.2. The van der Waals surface area contributed by atoms with Crippen molar-refractivity contribution in [2.75, 3.05) is 31.6 Å². The second kappa shape index (κ2) is 5.55. The molecule has 0 amide bonds. The Morgan fingerprint density at radius 1 is 1.33 bits per heavy atom. The van der Waals surface area contributed by atoms with Gasteiger partial charge in [0.2, 0.25) is 0 Å². The molecule has 1 heterocycles. The number of benzene rings is 1. The van der Waals surface area contributed by atoms with E-state index in [-0.39, 0.29) is 17.3 Å². The van der Waals surface area contributed by atoms with E-state index in [1.165, 1.54) is 12.1 Å². The third kappa shape index (κ3) is 3.29. The van der Waals surface area contributed by atoms with Crippen molar-refractivity contribution in [3.8, 4) is 0 Å². The Kier molecular flexibility index (Phi) is 4.13. The van der Waals surface area contributed by atoms with Crippen LogP contribution >= 0.6 is 0 Å². The van der Waals surface area contributed by atoms with Crippen LogP contribution in [0.15, 0.2) is 18.2 Å². The number of aromatic carboxylic acids is 1. The molecule has 0 saturated carbocycles. The number of anilines is 1. The standard InChI is InChI=1S/C14H17F3N2O2/c1-9-8-19(6-5-18(9)2)12-4-3-10(13(20)21)7-11(12)14(15,16)17/h3-4,7,9H,5-6,8H2,1-2H3,(H,20,21). The lowest BCUT2D eigenvalue weighted by atomic mass is 10.1. The van der Waals surface area contributed by atoms with E-state index in [1.807, 2.05) is 14.0 Å². The molecule has 0 spiro atoms. The Balaban J connectivity index is 2.41. The number of halogens is 3. The Bertz CT molecular complexity index is 546. The lowest BCUT2D eigenvalue weighted by molar-refractivity contribution is -0.137. The SMILES string of the molecule is CC1CN(c2ccc(C(=O)O)cc2C(F)(F)F)CCN1C. The van der Waals surface area contributed by atoms with E-state index < -0.39 is 17.7 Å². The molecule has 7 heteroatoms. The highest BCUT2D eigenvalue weighted by molar-refractivity contribution is 5.88. The zero-order chi connectivity index (χ0) is 15.8. The maximum Gasteiger partial charge on any atom is 0.418 e. The summed E-state index contributed by atoms with van der Waals surface area (Å²) in [5.41, 5.74) is -1.19. The predicted molar refractivity (Wildman–Crippen MR) is 72.7 cm³/mol. The molecular weight excluding hydrogens is 285 g/mol. The van der Waals surface area contributed by atoms with Crippen LogP contribution in [0, 0.1) is 0 Å². The molecular formula is C14H17F3N2O2. The van der Waals surface area contributed by atoms with Crippen LogP contribution in [-0.2, 0) is 6.18 Å². The summed E-state index contributed by atoms with van der Waals surface area (Å²) in [6.07, 6.45) is -4.58. The molecule has 0 aliphatic carbocycles. The van der Waals surface area contributed by atoms with E-state index in [2.05, 4.69) is 4.90 Å². The number of hydrogen-bond donors (Lipinski definition) is 1.